The minimum absolute atomic E-state index is 0.199. The van der Waals surface area contributed by atoms with Crippen molar-refractivity contribution in [3.05, 3.63) is 29.6 Å². The molecule has 2 nitrogen and oxygen atoms in total. The van der Waals surface area contributed by atoms with E-state index in [1.54, 1.807) is 0 Å². The predicted octanol–water partition coefficient (Wildman–Crippen LogP) is 2.15. The lowest BCUT2D eigenvalue weighted by molar-refractivity contribution is -0.142. The Hall–Kier alpha value is -1.10. The number of aliphatic hydroxyl groups is 1. The molecule has 1 aromatic heterocycles. The molecular weight excluding hydrogens is 183 g/mol. The molecule has 1 rings (SSSR count). The van der Waals surface area contributed by atoms with Gasteiger partial charge in [0, 0.05) is 11.8 Å². The number of nitrogens with zero attached hydrogens (tertiary/aromatic N) is 1. The lowest BCUT2D eigenvalue weighted by atomic mass is 10.1. The van der Waals surface area contributed by atoms with Gasteiger partial charge in [0.05, 0.1) is 6.10 Å². The van der Waals surface area contributed by atoms with Crippen LogP contribution in [0.3, 0.4) is 0 Å². The maximum atomic E-state index is 12.2. The monoisotopic (exact) mass is 191 g/mol. The van der Waals surface area contributed by atoms with Crippen LogP contribution in [-0.2, 0) is 6.18 Å². The third kappa shape index (κ3) is 2.18. The molecule has 0 fully saturated rings. The Morgan fingerprint density at radius 2 is 2.08 bits per heavy atom. The Labute approximate surface area is 73.0 Å². The number of hydrogen-bond acceptors (Lipinski definition) is 2. The van der Waals surface area contributed by atoms with Gasteiger partial charge in [-0.05, 0) is 13.0 Å². The Kier molecular flexibility index (Phi) is 2.56. The van der Waals surface area contributed by atoms with E-state index in [1.165, 1.54) is 19.1 Å². The van der Waals surface area contributed by atoms with Crippen LogP contribution in [0.25, 0.3) is 0 Å². The molecule has 1 aromatic rings. The van der Waals surface area contributed by atoms with Crippen molar-refractivity contribution in [3.63, 3.8) is 0 Å². The van der Waals surface area contributed by atoms with Crippen molar-refractivity contribution >= 4 is 0 Å². The molecule has 5 heteroatoms. The molecule has 0 aromatic carbocycles. The minimum atomic E-state index is -4.51. The zero-order valence-electron chi connectivity index (χ0n) is 6.84. The first kappa shape index (κ1) is 9.98. The topological polar surface area (TPSA) is 33.1 Å². The average molecular weight is 191 g/mol. The van der Waals surface area contributed by atoms with Gasteiger partial charge in [-0.3, -0.25) is 4.98 Å². The van der Waals surface area contributed by atoms with Crippen LogP contribution in [0.15, 0.2) is 18.3 Å². The van der Waals surface area contributed by atoms with E-state index in [1.807, 2.05) is 0 Å². The second-order valence-electron chi connectivity index (χ2n) is 2.61. The Morgan fingerprint density at radius 3 is 2.46 bits per heavy atom. The van der Waals surface area contributed by atoms with Gasteiger partial charge >= 0.3 is 6.18 Å². The highest BCUT2D eigenvalue weighted by molar-refractivity contribution is 5.24. The van der Waals surface area contributed by atoms with Gasteiger partial charge < -0.3 is 5.11 Å². The van der Waals surface area contributed by atoms with E-state index in [-0.39, 0.29) is 5.56 Å². The minimum Gasteiger partial charge on any atom is -0.389 e. The molecule has 0 spiro atoms. The summed E-state index contributed by atoms with van der Waals surface area (Å²) < 4.78 is 36.7. The van der Waals surface area contributed by atoms with Crippen LogP contribution in [-0.4, -0.2) is 10.1 Å². The van der Waals surface area contributed by atoms with Crippen molar-refractivity contribution in [2.75, 3.05) is 0 Å². The standard InChI is InChI=1S/C8H8F3NO/c1-5(13)6-3-2-4-12-7(6)8(9,10)11/h2-5,13H,1H3/t5-/m0/s1. The van der Waals surface area contributed by atoms with Gasteiger partial charge in [-0.25, -0.2) is 0 Å². The van der Waals surface area contributed by atoms with E-state index < -0.39 is 18.0 Å². The highest BCUT2D eigenvalue weighted by atomic mass is 19.4. The van der Waals surface area contributed by atoms with Gasteiger partial charge in [-0.1, -0.05) is 6.07 Å². The quantitative estimate of drug-likeness (QED) is 0.737. The number of pyridine rings is 1. The SMILES string of the molecule is C[C@H](O)c1cccnc1C(F)(F)F. The van der Waals surface area contributed by atoms with Crippen molar-refractivity contribution < 1.29 is 18.3 Å². The fourth-order valence-corrected chi connectivity index (χ4v) is 0.992. The molecule has 0 radical (unpaired) electrons. The van der Waals surface area contributed by atoms with Crippen LogP contribution in [0.1, 0.15) is 24.3 Å². The first-order valence-corrected chi connectivity index (χ1v) is 3.63. The number of hydrogen-bond donors (Lipinski definition) is 1. The largest absolute Gasteiger partial charge is 0.433 e. The lowest BCUT2D eigenvalue weighted by Gasteiger charge is -2.12. The van der Waals surface area contributed by atoms with Gasteiger partial charge in [0.1, 0.15) is 5.69 Å². The number of aromatic nitrogens is 1. The van der Waals surface area contributed by atoms with Gasteiger partial charge in [-0.15, -0.1) is 0 Å². The predicted molar refractivity (Wildman–Crippen MR) is 39.9 cm³/mol. The van der Waals surface area contributed by atoms with E-state index in [9.17, 15) is 13.2 Å². The number of halogens is 3. The summed E-state index contributed by atoms with van der Waals surface area (Å²) in [7, 11) is 0. The zero-order chi connectivity index (χ0) is 10.1. The lowest BCUT2D eigenvalue weighted by Crippen LogP contribution is -2.13. The smallest absolute Gasteiger partial charge is 0.389 e. The summed E-state index contributed by atoms with van der Waals surface area (Å²) in [5.74, 6) is 0. The summed E-state index contributed by atoms with van der Waals surface area (Å²) in [4.78, 5) is 3.19. The number of rotatable bonds is 1. The molecule has 1 N–H and O–H groups in total. The summed E-state index contributed by atoms with van der Waals surface area (Å²) in [5, 5.41) is 9.03. The molecule has 0 aliphatic heterocycles. The van der Waals surface area contributed by atoms with E-state index in [2.05, 4.69) is 4.98 Å². The molecule has 0 amide bonds. The molecule has 72 valence electrons. The Balaban J connectivity index is 3.20. The first-order chi connectivity index (χ1) is 5.93. The van der Waals surface area contributed by atoms with Crippen LogP contribution >= 0.6 is 0 Å². The first-order valence-electron chi connectivity index (χ1n) is 3.63. The molecular formula is C8H8F3NO. The zero-order valence-corrected chi connectivity index (χ0v) is 6.84. The van der Waals surface area contributed by atoms with Crippen molar-refractivity contribution in [1.29, 1.82) is 0 Å². The normalized spacial score (nSPS) is 14.2. The molecule has 0 saturated carbocycles. The average Bonchev–Trinajstić information content (AvgIpc) is 2.03. The van der Waals surface area contributed by atoms with Crippen molar-refractivity contribution in [1.82, 2.24) is 4.98 Å². The third-order valence-corrected chi connectivity index (χ3v) is 1.56. The van der Waals surface area contributed by atoms with E-state index in [4.69, 9.17) is 5.11 Å². The Bertz CT molecular complexity index is 296. The van der Waals surface area contributed by atoms with Crippen LogP contribution in [0.4, 0.5) is 13.2 Å². The van der Waals surface area contributed by atoms with Crippen molar-refractivity contribution in [2.24, 2.45) is 0 Å². The number of aliphatic hydroxyl groups excluding tert-OH is 1. The summed E-state index contributed by atoms with van der Waals surface area (Å²) in [6.07, 6.45) is -4.62. The second-order valence-corrected chi connectivity index (χ2v) is 2.61. The van der Waals surface area contributed by atoms with E-state index >= 15 is 0 Å². The molecule has 13 heavy (non-hydrogen) atoms. The summed E-state index contributed by atoms with van der Waals surface area (Å²) in [6.45, 7) is 1.27. The van der Waals surface area contributed by atoms with Crippen molar-refractivity contribution in [2.45, 2.75) is 19.2 Å². The fourth-order valence-electron chi connectivity index (χ4n) is 0.992. The summed E-state index contributed by atoms with van der Waals surface area (Å²) in [5.41, 5.74) is -1.22. The maximum Gasteiger partial charge on any atom is 0.433 e. The number of alkyl halides is 3. The van der Waals surface area contributed by atoms with Crippen LogP contribution in [0.5, 0.6) is 0 Å². The maximum absolute atomic E-state index is 12.2. The third-order valence-electron chi connectivity index (χ3n) is 1.56. The Morgan fingerprint density at radius 1 is 1.46 bits per heavy atom. The van der Waals surface area contributed by atoms with Gasteiger partial charge in [0.15, 0.2) is 0 Å². The van der Waals surface area contributed by atoms with Crippen LogP contribution in [0.2, 0.25) is 0 Å². The van der Waals surface area contributed by atoms with Gasteiger partial charge in [-0.2, -0.15) is 13.2 Å². The van der Waals surface area contributed by atoms with Crippen LogP contribution < -0.4 is 0 Å². The molecule has 0 saturated heterocycles. The van der Waals surface area contributed by atoms with Gasteiger partial charge in [0.25, 0.3) is 0 Å². The van der Waals surface area contributed by atoms with Crippen molar-refractivity contribution in [3.8, 4) is 0 Å². The van der Waals surface area contributed by atoms with E-state index in [0.29, 0.717) is 0 Å². The second kappa shape index (κ2) is 3.33. The van der Waals surface area contributed by atoms with Gasteiger partial charge in [0.2, 0.25) is 0 Å². The van der Waals surface area contributed by atoms with Crippen LogP contribution in [0, 0.1) is 0 Å². The molecule has 0 bridgehead atoms. The summed E-state index contributed by atoms with van der Waals surface area (Å²) >= 11 is 0. The highest BCUT2D eigenvalue weighted by Crippen LogP contribution is 2.32. The summed E-state index contributed by atoms with van der Waals surface area (Å²) in [6, 6.07) is 2.57. The molecule has 1 heterocycles. The highest BCUT2D eigenvalue weighted by Gasteiger charge is 2.35. The molecule has 0 unspecified atom stereocenters. The molecule has 0 aliphatic rings. The molecule has 1 atom stereocenters. The van der Waals surface area contributed by atoms with E-state index in [0.717, 1.165) is 6.20 Å². The molecule has 0 aliphatic carbocycles. The fraction of sp³-hybridized carbons (Fsp3) is 0.375.